The van der Waals surface area contributed by atoms with E-state index in [0.29, 0.717) is 12.3 Å². The van der Waals surface area contributed by atoms with Crippen LogP contribution >= 0.6 is 0 Å². The third-order valence-corrected chi connectivity index (χ3v) is 3.58. The molecule has 1 aliphatic rings. The highest BCUT2D eigenvalue weighted by Crippen LogP contribution is 2.28. The molecule has 1 aliphatic heterocycles. The second-order valence-electron chi connectivity index (χ2n) is 6.55. The Morgan fingerprint density at radius 2 is 2.00 bits per heavy atom. The molecule has 1 N–H and O–H groups in total. The van der Waals surface area contributed by atoms with Crippen LogP contribution < -0.4 is 5.32 Å². The number of hydrogen-bond donors (Lipinski definition) is 1. The van der Waals surface area contributed by atoms with Gasteiger partial charge in [0.2, 0.25) is 5.91 Å². The van der Waals surface area contributed by atoms with Crippen molar-refractivity contribution in [3.05, 3.63) is 0 Å². The van der Waals surface area contributed by atoms with Crippen molar-refractivity contribution < 1.29 is 9.53 Å². The van der Waals surface area contributed by atoms with E-state index in [-0.39, 0.29) is 16.7 Å². The quantitative estimate of drug-likeness (QED) is 0.799. The van der Waals surface area contributed by atoms with E-state index < -0.39 is 0 Å². The first kappa shape index (κ1) is 13.5. The lowest BCUT2D eigenvalue weighted by Gasteiger charge is -2.38. The second-order valence-corrected chi connectivity index (χ2v) is 6.55. The average molecular weight is 227 g/mol. The first-order valence-electron chi connectivity index (χ1n) is 6.07. The smallest absolute Gasteiger partial charge is 0.220 e. The zero-order valence-electron chi connectivity index (χ0n) is 11.2. The normalized spacial score (nSPS) is 21.1. The Morgan fingerprint density at radius 3 is 2.38 bits per heavy atom. The van der Waals surface area contributed by atoms with Crippen LogP contribution in [0.25, 0.3) is 0 Å². The summed E-state index contributed by atoms with van der Waals surface area (Å²) in [6.45, 7) is 13.1. The van der Waals surface area contributed by atoms with Crippen molar-refractivity contribution in [3.8, 4) is 0 Å². The molecule has 0 bridgehead atoms. The lowest BCUT2D eigenvalue weighted by Crippen LogP contribution is -2.48. The maximum atomic E-state index is 11.7. The highest BCUT2D eigenvalue weighted by molar-refractivity contribution is 5.76. The fraction of sp³-hybridized carbons (Fsp3) is 0.923. The number of nitrogens with one attached hydrogen (secondary N) is 1. The molecule has 1 saturated heterocycles. The highest BCUT2D eigenvalue weighted by Gasteiger charge is 2.33. The fourth-order valence-corrected chi connectivity index (χ4v) is 1.52. The van der Waals surface area contributed by atoms with Gasteiger partial charge in [-0.15, -0.1) is 0 Å². The second kappa shape index (κ2) is 4.74. The predicted octanol–water partition coefficient (Wildman–Crippen LogP) is 2.21. The molecule has 0 radical (unpaired) electrons. The Balaban J connectivity index is 2.25. The van der Waals surface area contributed by atoms with Gasteiger partial charge in [0.1, 0.15) is 0 Å². The molecule has 1 rings (SSSR count). The van der Waals surface area contributed by atoms with Crippen molar-refractivity contribution in [1.29, 1.82) is 0 Å². The summed E-state index contributed by atoms with van der Waals surface area (Å²) in [5, 5.41) is 3.01. The van der Waals surface area contributed by atoms with E-state index in [4.69, 9.17) is 4.74 Å². The Labute approximate surface area is 98.9 Å². The molecule has 0 aromatic carbocycles. The van der Waals surface area contributed by atoms with Gasteiger partial charge in [-0.25, -0.2) is 0 Å². The highest BCUT2D eigenvalue weighted by atomic mass is 16.5. The summed E-state index contributed by atoms with van der Waals surface area (Å²) in [7, 11) is 0. The Kier molecular flexibility index (Phi) is 4.00. The van der Waals surface area contributed by atoms with Crippen LogP contribution in [-0.4, -0.2) is 25.7 Å². The molecule has 1 fully saturated rings. The van der Waals surface area contributed by atoms with Crippen molar-refractivity contribution in [2.45, 2.75) is 41.0 Å². The van der Waals surface area contributed by atoms with Crippen molar-refractivity contribution in [2.24, 2.45) is 16.7 Å². The number of rotatable bonds is 4. The summed E-state index contributed by atoms with van der Waals surface area (Å²) >= 11 is 0. The minimum absolute atomic E-state index is 0.163. The molecule has 1 heterocycles. The Hall–Kier alpha value is -0.570. The van der Waals surface area contributed by atoms with Crippen molar-refractivity contribution in [1.82, 2.24) is 5.32 Å². The zero-order chi connectivity index (χ0) is 12.4. The van der Waals surface area contributed by atoms with E-state index in [1.54, 1.807) is 0 Å². The molecule has 0 spiro atoms. The minimum atomic E-state index is 0.163. The molecule has 3 heteroatoms. The van der Waals surface area contributed by atoms with Gasteiger partial charge in [0.05, 0.1) is 13.2 Å². The van der Waals surface area contributed by atoms with Gasteiger partial charge < -0.3 is 10.1 Å². The van der Waals surface area contributed by atoms with Crippen LogP contribution in [0, 0.1) is 16.7 Å². The van der Waals surface area contributed by atoms with E-state index >= 15 is 0 Å². The van der Waals surface area contributed by atoms with E-state index in [0.717, 1.165) is 19.8 Å². The summed E-state index contributed by atoms with van der Waals surface area (Å²) < 4.78 is 5.15. The van der Waals surface area contributed by atoms with Gasteiger partial charge >= 0.3 is 0 Å². The number of hydrogen-bond acceptors (Lipinski definition) is 2. The summed E-state index contributed by atoms with van der Waals surface area (Å²) in [5.41, 5.74) is 0.363. The average Bonchev–Trinajstić information content (AvgIpc) is 2.10. The summed E-state index contributed by atoms with van der Waals surface area (Å²) in [6, 6.07) is 0. The van der Waals surface area contributed by atoms with Crippen molar-refractivity contribution >= 4 is 5.91 Å². The SMILES string of the molecule is CC(CC(=O)NCC1(C)COC1)C(C)(C)C. The maximum absolute atomic E-state index is 11.7. The van der Waals surface area contributed by atoms with E-state index in [1.165, 1.54) is 0 Å². The monoisotopic (exact) mass is 227 g/mol. The first-order valence-corrected chi connectivity index (χ1v) is 6.07. The van der Waals surface area contributed by atoms with E-state index in [2.05, 4.69) is 39.9 Å². The van der Waals surface area contributed by atoms with Gasteiger partial charge in [-0.2, -0.15) is 0 Å². The molecule has 1 atom stereocenters. The third kappa shape index (κ3) is 3.78. The summed E-state index contributed by atoms with van der Waals surface area (Å²) in [5.74, 6) is 0.563. The molecule has 0 aromatic rings. The number of amides is 1. The predicted molar refractivity (Wildman–Crippen MR) is 65.2 cm³/mol. The maximum Gasteiger partial charge on any atom is 0.220 e. The molecule has 0 aliphatic carbocycles. The molecule has 0 saturated carbocycles. The lowest BCUT2D eigenvalue weighted by atomic mass is 9.80. The first-order chi connectivity index (χ1) is 7.23. The number of ether oxygens (including phenoxy) is 1. The molecule has 0 aromatic heterocycles. The third-order valence-electron chi connectivity index (χ3n) is 3.58. The molecule has 3 nitrogen and oxygen atoms in total. The molecular formula is C13H25NO2. The van der Waals surface area contributed by atoms with Crippen LogP contribution in [0.3, 0.4) is 0 Å². The van der Waals surface area contributed by atoms with Crippen LogP contribution in [0.4, 0.5) is 0 Å². The summed E-state index contributed by atoms with van der Waals surface area (Å²) in [6.07, 6.45) is 0.612. The van der Waals surface area contributed by atoms with Gasteiger partial charge in [0.15, 0.2) is 0 Å². The van der Waals surface area contributed by atoms with Crippen LogP contribution in [0.2, 0.25) is 0 Å². The van der Waals surface area contributed by atoms with Gasteiger partial charge in [0.25, 0.3) is 0 Å². The lowest BCUT2D eigenvalue weighted by molar-refractivity contribution is -0.128. The van der Waals surface area contributed by atoms with Crippen LogP contribution in [0.15, 0.2) is 0 Å². The molecular weight excluding hydrogens is 202 g/mol. The molecule has 16 heavy (non-hydrogen) atoms. The fourth-order valence-electron chi connectivity index (χ4n) is 1.52. The van der Waals surface area contributed by atoms with Crippen LogP contribution in [0.5, 0.6) is 0 Å². The van der Waals surface area contributed by atoms with Crippen molar-refractivity contribution in [3.63, 3.8) is 0 Å². The van der Waals surface area contributed by atoms with Gasteiger partial charge in [-0.1, -0.05) is 34.6 Å². The topological polar surface area (TPSA) is 38.3 Å². The largest absolute Gasteiger partial charge is 0.380 e. The molecule has 1 unspecified atom stereocenters. The van der Waals surface area contributed by atoms with Gasteiger partial charge in [-0.3, -0.25) is 4.79 Å². The van der Waals surface area contributed by atoms with Crippen LogP contribution in [-0.2, 0) is 9.53 Å². The Bertz CT molecular complexity index is 251. The standard InChI is InChI=1S/C13H25NO2/c1-10(12(2,3)4)6-11(15)14-7-13(5)8-16-9-13/h10H,6-9H2,1-5H3,(H,14,15). The van der Waals surface area contributed by atoms with E-state index in [1.807, 2.05) is 0 Å². The number of carbonyl (C=O) groups is 1. The minimum Gasteiger partial charge on any atom is -0.380 e. The van der Waals surface area contributed by atoms with E-state index in [9.17, 15) is 4.79 Å². The molecule has 94 valence electrons. The molecule has 1 amide bonds. The van der Waals surface area contributed by atoms with Crippen LogP contribution in [0.1, 0.15) is 41.0 Å². The summed E-state index contributed by atoms with van der Waals surface area (Å²) in [4.78, 5) is 11.7. The zero-order valence-corrected chi connectivity index (χ0v) is 11.2. The van der Waals surface area contributed by atoms with Crippen molar-refractivity contribution in [2.75, 3.05) is 19.8 Å². The van der Waals surface area contributed by atoms with Gasteiger partial charge in [-0.05, 0) is 11.3 Å². The number of carbonyl (C=O) groups excluding carboxylic acids is 1. The van der Waals surface area contributed by atoms with Gasteiger partial charge in [0, 0.05) is 18.4 Å². The Morgan fingerprint density at radius 1 is 1.44 bits per heavy atom.